The molecule has 2 aromatic rings. The Labute approximate surface area is 106 Å². The lowest BCUT2D eigenvalue weighted by atomic mass is 10.1. The van der Waals surface area contributed by atoms with Crippen molar-refractivity contribution < 1.29 is 0 Å². The van der Waals surface area contributed by atoms with Crippen molar-refractivity contribution in [3.05, 3.63) is 63.1 Å². The smallest absolute Gasteiger partial charge is 0.273 e. The zero-order chi connectivity index (χ0) is 13.3. The summed E-state index contributed by atoms with van der Waals surface area (Å²) in [5.41, 5.74) is 3.66. The molecule has 0 bridgehead atoms. The van der Waals surface area contributed by atoms with Crippen LogP contribution in [0.25, 0.3) is 5.69 Å². The Morgan fingerprint density at radius 2 is 1.83 bits per heavy atom. The molecule has 0 saturated heterocycles. The van der Waals surface area contributed by atoms with Gasteiger partial charge in [-0.25, -0.2) is 0 Å². The summed E-state index contributed by atoms with van der Waals surface area (Å²) in [5, 5.41) is 9.03. The SMILES string of the molecule is Cc1cccc(-n2ccc(C)c(C#N)c2=O)c1C. The quantitative estimate of drug-likeness (QED) is 0.766. The minimum absolute atomic E-state index is 0.207. The Morgan fingerprint density at radius 1 is 1.11 bits per heavy atom. The standard InChI is InChI=1S/C15H14N2O/c1-10-5-4-6-14(12(10)3)17-8-7-11(2)13(9-16)15(17)18/h4-8H,1-3H3. The molecule has 0 aliphatic heterocycles. The third kappa shape index (κ3) is 1.82. The lowest BCUT2D eigenvalue weighted by Crippen LogP contribution is -2.22. The van der Waals surface area contributed by atoms with Gasteiger partial charge in [0.05, 0.1) is 5.69 Å². The highest BCUT2D eigenvalue weighted by Gasteiger charge is 2.10. The summed E-state index contributed by atoms with van der Waals surface area (Å²) in [6.45, 7) is 5.75. The first-order valence-electron chi connectivity index (χ1n) is 5.75. The van der Waals surface area contributed by atoms with Crippen molar-refractivity contribution in [2.45, 2.75) is 20.8 Å². The number of nitrogens with zero attached hydrogens (tertiary/aromatic N) is 2. The van der Waals surface area contributed by atoms with Crippen molar-refractivity contribution in [1.82, 2.24) is 4.57 Å². The van der Waals surface area contributed by atoms with E-state index in [2.05, 4.69) is 0 Å². The highest BCUT2D eigenvalue weighted by atomic mass is 16.1. The van der Waals surface area contributed by atoms with E-state index in [9.17, 15) is 4.79 Å². The third-order valence-corrected chi connectivity index (χ3v) is 3.25. The molecule has 1 aromatic heterocycles. The van der Waals surface area contributed by atoms with E-state index in [1.54, 1.807) is 19.2 Å². The van der Waals surface area contributed by atoms with Crippen LogP contribution >= 0.6 is 0 Å². The first-order chi connectivity index (χ1) is 8.56. The summed E-state index contributed by atoms with van der Waals surface area (Å²) >= 11 is 0. The van der Waals surface area contributed by atoms with Gasteiger partial charge < -0.3 is 0 Å². The molecule has 1 aromatic carbocycles. The monoisotopic (exact) mass is 238 g/mol. The molecular formula is C15H14N2O. The van der Waals surface area contributed by atoms with Gasteiger partial charge in [-0.05, 0) is 49.6 Å². The normalized spacial score (nSPS) is 10.1. The van der Waals surface area contributed by atoms with Crippen molar-refractivity contribution in [3.8, 4) is 11.8 Å². The molecule has 0 aliphatic rings. The topological polar surface area (TPSA) is 45.8 Å². The number of rotatable bonds is 1. The second-order valence-corrected chi connectivity index (χ2v) is 4.38. The molecule has 0 unspecified atom stereocenters. The maximum Gasteiger partial charge on any atom is 0.273 e. The molecule has 0 amide bonds. The average Bonchev–Trinajstić information content (AvgIpc) is 2.34. The van der Waals surface area contributed by atoms with Crippen LogP contribution in [0.4, 0.5) is 0 Å². The van der Waals surface area contributed by atoms with Gasteiger partial charge in [-0.1, -0.05) is 12.1 Å². The predicted molar refractivity (Wildman–Crippen MR) is 71.0 cm³/mol. The van der Waals surface area contributed by atoms with E-state index < -0.39 is 0 Å². The van der Waals surface area contributed by atoms with Gasteiger partial charge in [0.1, 0.15) is 11.6 Å². The van der Waals surface area contributed by atoms with E-state index in [-0.39, 0.29) is 11.1 Å². The summed E-state index contributed by atoms with van der Waals surface area (Å²) in [7, 11) is 0. The molecule has 2 rings (SSSR count). The number of nitriles is 1. The van der Waals surface area contributed by atoms with Gasteiger partial charge in [-0.15, -0.1) is 0 Å². The number of hydrogen-bond acceptors (Lipinski definition) is 2. The molecule has 18 heavy (non-hydrogen) atoms. The Morgan fingerprint density at radius 3 is 2.50 bits per heavy atom. The van der Waals surface area contributed by atoms with Crippen LogP contribution < -0.4 is 5.56 Å². The number of aromatic nitrogens is 1. The van der Waals surface area contributed by atoms with Crippen LogP contribution in [-0.4, -0.2) is 4.57 Å². The zero-order valence-corrected chi connectivity index (χ0v) is 10.7. The van der Waals surface area contributed by atoms with Crippen LogP contribution in [0.5, 0.6) is 0 Å². The highest BCUT2D eigenvalue weighted by Crippen LogP contribution is 2.16. The maximum atomic E-state index is 12.2. The second-order valence-electron chi connectivity index (χ2n) is 4.38. The summed E-state index contributed by atoms with van der Waals surface area (Å²) in [5.74, 6) is 0. The van der Waals surface area contributed by atoms with Crippen LogP contribution in [0.1, 0.15) is 22.3 Å². The fourth-order valence-electron chi connectivity index (χ4n) is 1.95. The maximum absolute atomic E-state index is 12.2. The first-order valence-corrected chi connectivity index (χ1v) is 5.75. The van der Waals surface area contributed by atoms with E-state index in [1.807, 2.05) is 38.1 Å². The average molecular weight is 238 g/mol. The Balaban J connectivity index is 2.78. The van der Waals surface area contributed by atoms with Gasteiger partial charge in [0, 0.05) is 6.20 Å². The van der Waals surface area contributed by atoms with Gasteiger partial charge in [-0.3, -0.25) is 9.36 Å². The molecule has 0 N–H and O–H groups in total. The number of aryl methyl sites for hydroxylation is 2. The van der Waals surface area contributed by atoms with Crippen LogP contribution in [0.15, 0.2) is 35.3 Å². The molecule has 0 aliphatic carbocycles. The van der Waals surface area contributed by atoms with Crippen LogP contribution in [0.3, 0.4) is 0 Å². The van der Waals surface area contributed by atoms with Gasteiger partial charge in [0.15, 0.2) is 0 Å². The third-order valence-electron chi connectivity index (χ3n) is 3.25. The van der Waals surface area contributed by atoms with Crippen molar-refractivity contribution in [2.24, 2.45) is 0 Å². The molecule has 0 radical (unpaired) electrons. The molecule has 3 heteroatoms. The van der Waals surface area contributed by atoms with Crippen molar-refractivity contribution in [3.63, 3.8) is 0 Å². The minimum Gasteiger partial charge on any atom is -0.283 e. The van der Waals surface area contributed by atoms with Crippen molar-refractivity contribution >= 4 is 0 Å². The minimum atomic E-state index is -0.258. The Hall–Kier alpha value is -2.34. The van der Waals surface area contributed by atoms with Crippen molar-refractivity contribution in [2.75, 3.05) is 0 Å². The zero-order valence-electron chi connectivity index (χ0n) is 10.7. The van der Waals surface area contributed by atoms with Crippen LogP contribution in [-0.2, 0) is 0 Å². The Bertz CT molecular complexity index is 705. The highest BCUT2D eigenvalue weighted by molar-refractivity contribution is 5.47. The van der Waals surface area contributed by atoms with E-state index in [1.165, 1.54) is 4.57 Å². The van der Waals surface area contributed by atoms with Crippen molar-refractivity contribution in [1.29, 1.82) is 5.26 Å². The summed E-state index contributed by atoms with van der Waals surface area (Å²) < 4.78 is 1.54. The van der Waals surface area contributed by atoms with E-state index >= 15 is 0 Å². The van der Waals surface area contributed by atoms with Gasteiger partial charge in [-0.2, -0.15) is 5.26 Å². The molecular weight excluding hydrogens is 224 g/mol. The second kappa shape index (κ2) is 4.50. The summed E-state index contributed by atoms with van der Waals surface area (Å²) in [6, 6.07) is 9.57. The fourth-order valence-corrected chi connectivity index (χ4v) is 1.95. The molecule has 0 saturated carbocycles. The van der Waals surface area contributed by atoms with Gasteiger partial charge in [0.25, 0.3) is 5.56 Å². The molecule has 0 spiro atoms. The first kappa shape index (κ1) is 12.1. The predicted octanol–water partition coefficient (Wildman–Crippen LogP) is 2.63. The Kier molecular flexibility index (Phi) is 3.03. The lowest BCUT2D eigenvalue weighted by Gasteiger charge is -2.12. The summed E-state index contributed by atoms with van der Waals surface area (Å²) in [4.78, 5) is 12.2. The molecule has 3 nitrogen and oxygen atoms in total. The van der Waals surface area contributed by atoms with E-state index in [0.717, 1.165) is 16.8 Å². The van der Waals surface area contributed by atoms with Gasteiger partial charge in [0.2, 0.25) is 0 Å². The summed E-state index contributed by atoms with van der Waals surface area (Å²) in [6.07, 6.45) is 1.72. The number of pyridine rings is 1. The van der Waals surface area contributed by atoms with Gasteiger partial charge >= 0.3 is 0 Å². The van der Waals surface area contributed by atoms with E-state index in [4.69, 9.17) is 5.26 Å². The lowest BCUT2D eigenvalue weighted by molar-refractivity contribution is 0.958. The molecule has 0 atom stereocenters. The fraction of sp³-hybridized carbons (Fsp3) is 0.200. The van der Waals surface area contributed by atoms with E-state index in [0.29, 0.717) is 5.56 Å². The molecule has 1 heterocycles. The number of hydrogen-bond donors (Lipinski definition) is 0. The van der Waals surface area contributed by atoms with Crippen LogP contribution in [0, 0.1) is 32.1 Å². The van der Waals surface area contributed by atoms with Crippen LogP contribution in [0.2, 0.25) is 0 Å². The molecule has 0 fully saturated rings. The molecule has 90 valence electrons. The largest absolute Gasteiger partial charge is 0.283 e. The number of benzene rings is 1.